The van der Waals surface area contributed by atoms with Gasteiger partial charge in [-0.2, -0.15) is 0 Å². The van der Waals surface area contributed by atoms with E-state index in [0.717, 1.165) is 27.3 Å². The lowest BCUT2D eigenvalue weighted by Crippen LogP contribution is -2.53. The van der Waals surface area contributed by atoms with Crippen molar-refractivity contribution in [2.45, 2.75) is 64.4 Å². The molecule has 1 fully saturated rings. The number of nitrogens with zero attached hydrogens (tertiary/aromatic N) is 3. The van der Waals surface area contributed by atoms with E-state index in [-0.39, 0.29) is 30.7 Å². The predicted molar refractivity (Wildman–Crippen MR) is 145 cm³/mol. The van der Waals surface area contributed by atoms with Crippen molar-refractivity contribution in [1.29, 1.82) is 0 Å². The Kier molecular flexibility index (Phi) is 7.58. The Morgan fingerprint density at radius 2 is 1.95 bits per heavy atom. The summed E-state index contributed by atoms with van der Waals surface area (Å²) in [5.41, 5.74) is 6.35. The molecule has 0 bridgehead atoms. The zero-order chi connectivity index (χ0) is 26.8. The number of carbonyl (C=O) groups is 3. The van der Waals surface area contributed by atoms with E-state index in [9.17, 15) is 19.5 Å². The number of thiazole rings is 1. The minimum Gasteiger partial charge on any atom is -0.391 e. The predicted octanol–water partition coefficient (Wildman–Crippen LogP) is 3.52. The molecule has 38 heavy (non-hydrogen) atoms. The highest BCUT2D eigenvalue weighted by Gasteiger charge is 2.44. The molecule has 8 nitrogen and oxygen atoms in total. The summed E-state index contributed by atoms with van der Waals surface area (Å²) in [4.78, 5) is 48.6. The van der Waals surface area contributed by atoms with E-state index >= 15 is 0 Å². The first-order valence-electron chi connectivity index (χ1n) is 13.0. The van der Waals surface area contributed by atoms with Crippen LogP contribution in [-0.2, 0) is 22.7 Å². The Labute approximate surface area is 226 Å². The summed E-state index contributed by atoms with van der Waals surface area (Å²) in [6.07, 6.45) is 0.588. The van der Waals surface area contributed by atoms with Gasteiger partial charge in [-0.3, -0.25) is 14.4 Å². The summed E-state index contributed by atoms with van der Waals surface area (Å²) in [5, 5.41) is 13.3. The van der Waals surface area contributed by atoms with Gasteiger partial charge in [0, 0.05) is 31.6 Å². The highest BCUT2D eigenvalue weighted by atomic mass is 32.1. The van der Waals surface area contributed by atoms with Crippen molar-refractivity contribution in [3.05, 3.63) is 76.4 Å². The molecule has 3 atom stereocenters. The summed E-state index contributed by atoms with van der Waals surface area (Å²) in [6.45, 7) is 4.71. The van der Waals surface area contributed by atoms with E-state index in [4.69, 9.17) is 0 Å². The number of hydrogen-bond acceptors (Lipinski definition) is 6. The number of benzene rings is 2. The molecule has 1 aromatic heterocycles. The van der Waals surface area contributed by atoms with Gasteiger partial charge in [0.05, 0.1) is 22.2 Å². The minimum absolute atomic E-state index is 0.0784. The molecule has 1 saturated heterocycles. The Morgan fingerprint density at radius 3 is 2.63 bits per heavy atom. The number of aryl methyl sites for hydroxylation is 1. The molecule has 2 N–H and O–H groups in total. The van der Waals surface area contributed by atoms with Crippen LogP contribution in [-0.4, -0.2) is 62.3 Å². The Balaban J connectivity index is 1.26. The first kappa shape index (κ1) is 26.1. The number of hydrogen-bond donors (Lipinski definition) is 2. The van der Waals surface area contributed by atoms with E-state index in [0.29, 0.717) is 31.5 Å². The van der Waals surface area contributed by atoms with Gasteiger partial charge in [-0.05, 0) is 36.1 Å². The first-order valence-corrected chi connectivity index (χ1v) is 13.9. The van der Waals surface area contributed by atoms with Crippen LogP contribution in [0.15, 0.2) is 54.0 Å². The summed E-state index contributed by atoms with van der Waals surface area (Å²) in [6, 6.07) is 13.9. The number of rotatable bonds is 8. The van der Waals surface area contributed by atoms with Gasteiger partial charge < -0.3 is 20.2 Å². The molecule has 0 aliphatic carbocycles. The van der Waals surface area contributed by atoms with Crippen LogP contribution >= 0.6 is 11.3 Å². The molecule has 0 spiro atoms. The van der Waals surface area contributed by atoms with Crippen LogP contribution in [0.1, 0.15) is 53.4 Å². The quantitative estimate of drug-likeness (QED) is 0.462. The summed E-state index contributed by atoms with van der Waals surface area (Å²) >= 11 is 1.59. The van der Waals surface area contributed by atoms with Crippen molar-refractivity contribution >= 4 is 29.1 Å². The highest BCUT2D eigenvalue weighted by molar-refractivity contribution is 7.13. The lowest BCUT2D eigenvalue weighted by atomic mass is 10.1. The number of aliphatic hydroxyl groups excluding tert-OH is 1. The topological polar surface area (TPSA) is 103 Å². The Morgan fingerprint density at radius 1 is 1.18 bits per heavy atom. The van der Waals surface area contributed by atoms with Crippen LogP contribution in [0.2, 0.25) is 0 Å². The summed E-state index contributed by atoms with van der Waals surface area (Å²) in [5.74, 6) is -0.748. The van der Waals surface area contributed by atoms with Crippen LogP contribution < -0.4 is 5.32 Å². The summed E-state index contributed by atoms with van der Waals surface area (Å²) in [7, 11) is 0. The molecule has 3 aromatic rings. The maximum absolute atomic E-state index is 13.8. The van der Waals surface area contributed by atoms with Crippen LogP contribution in [0.5, 0.6) is 0 Å². The minimum atomic E-state index is -0.787. The van der Waals surface area contributed by atoms with E-state index in [2.05, 4.69) is 10.3 Å². The van der Waals surface area contributed by atoms with Gasteiger partial charge in [-0.25, -0.2) is 4.98 Å². The largest absolute Gasteiger partial charge is 0.391 e. The van der Waals surface area contributed by atoms with E-state index in [1.165, 1.54) is 4.90 Å². The van der Waals surface area contributed by atoms with E-state index < -0.39 is 18.2 Å². The fourth-order valence-corrected chi connectivity index (χ4v) is 6.18. The number of nitrogens with one attached hydrogen (secondary N) is 1. The van der Waals surface area contributed by atoms with Crippen LogP contribution in [0, 0.1) is 6.92 Å². The number of aliphatic hydroxyl groups is 1. The van der Waals surface area contributed by atoms with Gasteiger partial charge in [0.25, 0.3) is 5.91 Å². The molecule has 198 valence electrons. The number of amides is 3. The zero-order valence-electron chi connectivity index (χ0n) is 21.6. The molecule has 0 radical (unpaired) electrons. The molecular weight excluding hydrogens is 500 g/mol. The first-order chi connectivity index (χ1) is 18.4. The summed E-state index contributed by atoms with van der Waals surface area (Å²) < 4.78 is 0. The average molecular weight is 533 g/mol. The van der Waals surface area contributed by atoms with Gasteiger partial charge in [-0.15, -0.1) is 11.3 Å². The molecule has 5 rings (SSSR count). The second-order valence-corrected chi connectivity index (χ2v) is 10.8. The van der Waals surface area contributed by atoms with Crippen molar-refractivity contribution in [3.63, 3.8) is 0 Å². The highest BCUT2D eigenvalue weighted by Crippen LogP contribution is 2.30. The fraction of sp³-hybridized carbons (Fsp3) is 0.379. The number of β-amino-alcohol motifs (C(OH)–C–C–N with tert-alkyl or cyclic N) is 1. The number of carbonyl (C=O) groups excluding carboxylic acids is 3. The van der Waals surface area contributed by atoms with Crippen molar-refractivity contribution in [3.8, 4) is 10.4 Å². The zero-order valence-corrected chi connectivity index (χ0v) is 22.4. The molecule has 0 saturated carbocycles. The van der Waals surface area contributed by atoms with Crippen molar-refractivity contribution in [2.75, 3.05) is 6.54 Å². The SMILES string of the molecule is CCC[C@@H](C(=O)N1C[C@H](O)C[C@H]1C(=O)NCc1ccc(-c2scnc2C)cc1)N1Cc2ccccc2C1=O. The second-order valence-electron chi connectivity index (χ2n) is 9.97. The van der Waals surface area contributed by atoms with Gasteiger partial charge in [0.15, 0.2) is 0 Å². The van der Waals surface area contributed by atoms with Crippen molar-refractivity contribution < 1.29 is 19.5 Å². The van der Waals surface area contributed by atoms with E-state index in [1.54, 1.807) is 22.3 Å². The van der Waals surface area contributed by atoms with Crippen LogP contribution in [0.4, 0.5) is 0 Å². The third-order valence-electron chi connectivity index (χ3n) is 7.37. The molecule has 3 heterocycles. The standard InChI is InChI=1S/C29H32N4O4S/c1-3-6-24(32-15-21-7-4-5-8-23(21)28(32)36)29(37)33-16-22(34)13-25(33)27(35)30-14-19-9-11-20(12-10-19)26-18(2)31-17-38-26/h4-5,7-12,17,22,24-25,34H,3,6,13-16H2,1-2H3,(H,30,35)/t22-,24+,25+/m1/s1. The smallest absolute Gasteiger partial charge is 0.255 e. The number of likely N-dealkylation sites (tertiary alicyclic amines) is 1. The van der Waals surface area contributed by atoms with Crippen LogP contribution in [0.3, 0.4) is 0 Å². The molecule has 3 amide bonds. The molecule has 9 heteroatoms. The van der Waals surface area contributed by atoms with Crippen molar-refractivity contribution in [1.82, 2.24) is 20.1 Å². The monoisotopic (exact) mass is 532 g/mol. The second kappa shape index (κ2) is 11.0. The molecule has 2 aliphatic heterocycles. The number of fused-ring (bicyclic) bond motifs is 1. The van der Waals surface area contributed by atoms with Crippen molar-refractivity contribution in [2.24, 2.45) is 0 Å². The normalized spacial score (nSPS) is 19.5. The third-order valence-corrected chi connectivity index (χ3v) is 8.34. The fourth-order valence-electron chi connectivity index (χ4n) is 5.37. The lowest BCUT2D eigenvalue weighted by molar-refractivity contribution is -0.142. The Bertz CT molecular complexity index is 1340. The Hall–Kier alpha value is -3.56. The van der Waals surface area contributed by atoms with Gasteiger partial charge in [0.1, 0.15) is 12.1 Å². The van der Waals surface area contributed by atoms with Crippen LogP contribution in [0.25, 0.3) is 10.4 Å². The molecular formula is C29H32N4O4S. The van der Waals surface area contributed by atoms with Gasteiger partial charge in [-0.1, -0.05) is 55.8 Å². The van der Waals surface area contributed by atoms with E-state index in [1.807, 2.05) is 61.8 Å². The maximum atomic E-state index is 13.8. The maximum Gasteiger partial charge on any atom is 0.255 e. The lowest BCUT2D eigenvalue weighted by Gasteiger charge is -2.32. The van der Waals surface area contributed by atoms with Gasteiger partial charge in [0.2, 0.25) is 11.8 Å². The average Bonchev–Trinajstić information content (AvgIpc) is 3.63. The third kappa shape index (κ3) is 5.08. The number of aromatic nitrogens is 1. The molecule has 2 aliphatic rings. The molecule has 0 unspecified atom stereocenters. The molecule has 2 aromatic carbocycles. The van der Waals surface area contributed by atoms with Gasteiger partial charge >= 0.3 is 0 Å².